The van der Waals surface area contributed by atoms with E-state index in [9.17, 15) is 4.79 Å². The molecule has 1 fully saturated rings. The van der Waals surface area contributed by atoms with Crippen molar-refractivity contribution < 1.29 is 4.79 Å². The molecule has 0 N–H and O–H groups in total. The second-order valence-corrected chi connectivity index (χ2v) is 8.42. The van der Waals surface area contributed by atoms with Crippen molar-refractivity contribution in [1.29, 1.82) is 0 Å². The van der Waals surface area contributed by atoms with Crippen LogP contribution in [-0.4, -0.2) is 35.1 Å². The third kappa shape index (κ3) is 3.26. The van der Waals surface area contributed by atoms with Crippen molar-refractivity contribution in [2.45, 2.75) is 19.3 Å². The Balaban J connectivity index is 1.58. The SMILES string of the molecule is Cn1cc(/C=C2\C(=O)N(CN3CCCCC3)c3cc(Cl)ccc32)c2ccccc21. The summed E-state index contributed by atoms with van der Waals surface area (Å²) < 4.78 is 2.11. The lowest BCUT2D eigenvalue weighted by Crippen LogP contribution is -2.42. The van der Waals surface area contributed by atoms with Gasteiger partial charge in [-0.2, -0.15) is 0 Å². The summed E-state index contributed by atoms with van der Waals surface area (Å²) in [5.74, 6) is 0.0563. The van der Waals surface area contributed by atoms with Crippen molar-refractivity contribution >= 4 is 45.7 Å². The molecule has 1 amide bonds. The Bertz CT molecular complexity index is 1120. The van der Waals surface area contributed by atoms with Crippen LogP contribution < -0.4 is 4.90 Å². The van der Waals surface area contributed by atoms with Gasteiger partial charge in [0.2, 0.25) is 0 Å². The van der Waals surface area contributed by atoms with Crippen molar-refractivity contribution in [3.8, 4) is 0 Å². The number of hydrogen-bond donors (Lipinski definition) is 0. The van der Waals surface area contributed by atoms with Crippen LogP contribution in [0.2, 0.25) is 5.02 Å². The smallest absolute Gasteiger partial charge is 0.260 e. The lowest BCUT2D eigenvalue weighted by atomic mass is 10.0. The number of piperidine rings is 1. The third-order valence-corrected chi connectivity index (χ3v) is 6.27. The van der Waals surface area contributed by atoms with Gasteiger partial charge in [0.15, 0.2) is 0 Å². The molecule has 2 aromatic carbocycles. The van der Waals surface area contributed by atoms with Gasteiger partial charge < -0.3 is 4.57 Å². The second kappa shape index (κ2) is 7.36. The molecule has 29 heavy (non-hydrogen) atoms. The van der Waals surface area contributed by atoms with Gasteiger partial charge >= 0.3 is 0 Å². The largest absolute Gasteiger partial charge is 0.350 e. The number of carbonyl (C=O) groups is 1. The Labute approximate surface area is 176 Å². The predicted octanol–water partition coefficient (Wildman–Crippen LogP) is 5.16. The van der Waals surface area contributed by atoms with Crippen LogP contribution in [0.1, 0.15) is 30.4 Å². The first-order valence-corrected chi connectivity index (χ1v) is 10.6. The van der Waals surface area contributed by atoms with Crippen molar-refractivity contribution in [2.24, 2.45) is 7.05 Å². The quantitative estimate of drug-likeness (QED) is 0.563. The molecule has 0 spiro atoms. The Kier molecular flexibility index (Phi) is 4.69. The molecule has 0 atom stereocenters. The Morgan fingerprint density at radius 1 is 1.07 bits per heavy atom. The van der Waals surface area contributed by atoms with E-state index >= 15 is 0 Å². The number of nitrogens with zero attached hydrogens (tertiary/aromatic N) is 3. The Morgan fingerprint density at radius 3 is 2.69 bits per heavy atom. The van der Waals surface area contributed by atoms with Gasteiger partial charge in [-0.3, -0.25) is 14.6 Å². The summed E-state index contributed by atoms with van der Waals surface area (Å²) in [6, 6.07) is 14.1. The standard InChI is InChI=1S/C24H24ClN3O/c1-26-15-17(19-7-3-4-8-22(19)26)13-21-20-10-9-18(25)14-23(20)28(24(21)29)16-27-11-5-2-6-12-27/h3-4,7-10,13-15H,2,5-6,11-12,16H2,1H3/b21-13-. The highest BCUT2D eigenvalue weighted by molar-refractivity contribution is 6.37. The number of likely N-dealkylation sites (tertiary alicyclic amines) is 1. The molecule has 0 unspecified atom stereocenters. The van der Waals surface area contributed by atoms with Crippen LogP contribution >= 0.6 is 11.6 Å². The van der Waals surface area contributed by atoms with Gasteiger partial charge in [-0.1, -0.05) is 42.3 Å². The topological polar surface area (TPSA) is 28.5 Å². The monoisotopic (exact) mass is 405 g/mol. The van der Waals surface area contributed by atoms with Crippen molar-refractivity contribution in [2.75, 3.05) is 24.7 Å². The summed E-state index contributed by atoms with van der Waals surface area (Å²) in [4.78, 5) is 17.7. The number of fused-ring (bicyclic) bond motifs is 2. The highest BCUT2D eigenvalue weighted by Gasteiger charge is 2.34. The molecule has 0 aliphatic carbocycles. The fraction of sp³-hybridized carbons (Fsp3) is 0.292. The van der Waals surface area contributed by atoms with E-state index in [2.05, 4.69) is 27.8 Å². The minimum absolute atomic E-state index is 0.0563. The molecule has 0 radical (unpaired) electrons. The van der Waals surface area contributed by atoms with Gasteiger partial charge in [0.05, 0.1) is 12.4 Å². The molecular weight excluding hydrogens is 382 g/mol. The van der Waals surface area contributed by atoms with Crippen LogP contribution in [0.4, 0.5) is 5.69 Å². The maximum Gasteiger partial charge on any atom is 0.260 e. The Morgan fingerprint density at radius 2 is 1.86 bits per heavy atom. The van der Waals surface area contributed by atoms with E-state index in [1.807, 2.05) is 48.4 Å². The van der Waals surface area contributed by atoms with Gasteiger partial charge in [-0.15, -0.1) is 0 Å². The molecule has 2 aliphatic rings. The van der Waals surface area contributed by atoms with Gasteiger partial charge in [-0.05, 0) is 50.2 Å². The van der Waals surface area contributed by atoms with Crippen LogP contribution in [-0.2, 0) is 11.8 Å². The molecule has 4 nitrogen and oxygen atoms in total. The zero-order chi connectivity index (χ0) is 20.0. The van der Waals surface area contributed by atoms with Crippen LogP contribution in [0.3, 0.4) is 0 Å². The number of aryl methyl sites for hydroxylation is 1. The highest BCUT2D eigenvalue weighted by Crippen LogP contribution is 2.40. The van der Waals surface area contributed by atoms with E-state index in [-0.39, 0.29) is 5.91 Å². The number of aromatic nitrogens is 1. The van der Waals surface area contributed by atoms with Crippen LogP contribution in [0, 0.1) is 0 Å². The number of para-hydroxylation sites is 1. The minimum Gasteiger partial charge on any atom is -0.350 e. The average Bonchev–Trinajstić information content (AvgIpc) is 3.18. The van der Waals surface area contributed by atoms with Gasteiger partial charge in [-0.25, -0.2) is 0 Å². The number of anilines is 1. The highest BCUT2D eigenvalue weighted by atomic mass is 35.5. The van der Waals surface area contributed by atoms with Gasteiger partial charge in [0.1, 0.15) is 0 Å². The third-order valence-electron chi connectivity index (χ3n) is 6.03. The first-order valence-electron chi connectivity index (χ1n) is 10.2. The number of benzene rings is 2. The zero-order valence-electron chi connectivity index (χ0n) is 16.6. The molecule has 5 heteroatoms. The first-order chi connectivity index (χ1) is 14.1. The lowest BCUT2D eigenvalue weighted by Gasteiger charge is -2.30. The first kappa shape index (κ1) is 18.5. The summed E-state index contributed by atoms with van der Waals surface area (Å²) in [6.07, 6.45) is 7.80. The summed E-state index contributed by atoms with van der Waals surface area (Å²) >= 11 is 6.29. The fourth-order valence-electron chi connectivity index (χ4n) is 4.55. The van der Waals surface area contributed by atoms with E-state index < -0.39 is 0 Å². The molecule has 3 aromatic rings. The summed E-state index contributed by atoms with van der Waals surface area (Å²) in [7, 11) is 2.04. The number of hydrogen-bond acceptors (Lipinski definition) is 2. The predicted molar refractivity (Wildman–Crippen MR) is 120 cm³/mol. The summed E-state index contributed by atoms with van der Waals surface area (Å²) in [5.41, 5.74) is 4.84. The molecule has 0 saturated carbocycles. The number of rotatable bonds is 3. The molecule has 3 heterocycles. The number of carbonyl (C=O) groups excluding carboxylic acids is 1. The van der Waals surface area contributed by atoms with Crippen molar-refractivity contribution in [1.82, 2.24) is 9.47 Å². The lowest BCUT2D eigenvalue weighted by molar-refractivity contribution is -0.113. The Hall–Kier alpha value is -2.56. The van der Waals surface area contributed by atoms with E-state index in [0.29, 0.717) is 11.7 Å². The maximum absolute atomic E-state index is 13.5. The zero-order valence-corrected chi connectivity index (χ0v) is 17.3. The minimum atomic E-state index is 0.0563. The maximum atomic E-state index is 13.5. The van der Waals surface area contributed by atoms with Crippen molar-refractivity contribution in [3.05, 3.63) is 64.8 Å². The van der Waals surface area contributed by atoms with Crippen LogP contribution in [0.25, 0.3) is 22.6 Å². The van der Waals surface area contributed by atoms with Crippen LogP contribution in [0.5, 0.6) is 0 Å². The molecule has 1 saturated heterocycles. The molecule has 2 aliphatic heterocycles. The fourth-order valence-corrected chi connectivity index (χ4v) is 4.72. The number of halogens is 1. The van der Waals surface area contributed by atoms with E-state index in [1.54, 1.807) is 0 Å². The summed E-state index contributed by atoms with van der Waals surface area (Å²) in [5, 5.41) is 1.81. The van der Waals surface area contributed by atoms with Gasteiger partial charge in [0, 0.05) is 45.9 Å². The van der Waals surface area contributed by atoms with Crippen molar-refractivity contribution in [3.63, 3.8) is 0 Å². The molecule has 1 aromatic heterocycles. The summed E-state index contributed by atoms with van der Waals surface area (Å²) in [6.45, 7) is 2.71. The molecule has 5 rings (SSSR count). The van der Waals surface area contributed by atoms with E-state index in [0.717, 1.165) is 46.4 Å². The van der Waals surface area contributed by atoms with E-state index in [1.165, 1.54) is 19.3 Å². The molecule has 0 bridgehead atoms. The average molecular weight is 406 g/mol. The van der Waals surface area contributed by atoms with Crippen LogP contribution in [0.15, 0.2) is 48.7 Å². The van der Waals surface area contributed by atoms with Gasteiger partial charge in [0.25, 0.3) is 5.91 Å². The molecular formula is C24H24ClN3O. The molecule has 148 valence electrons. The normalized spacial score (nSPS) is 18.8. The van der Waals surface area contributed by atoms with E-state index in [4.69, 9.17) is 11.6 Å². The number of amides is 1. The second-order valence-electron chi connectivity index (χ2n) is 7.99.